The quantitative estimate of drug-likeness (QED) is 0.881. The summed E-state index contributed by atoms with van der Waals surface area (Å²) in [6.07, 6.45) is 1.84. The Labute approximate surface area is 100 Å². The molecule has 3 nitrogen and oxygen atoms in total. The highest BCUT2D eigenvalue weighted by molar-refractivity contribution is 5.82. The van der Waals surface area contributed by atoms with E-state index < -0.39 is 5.97 Å². The minimum atomic E-state index is -0.779. The summed E-state index contributed by atoms with van der Waals surface area (Å²) >= 11 is 0. The van der Waals surface area contributed by atoms with E-state index in [1.54, 1.807) is 6.26 Å². The largest absolute Gasteiger partial charge is 0.481 e. The molecule has 1 aromatic heterocycles. The molecule has 0 bridgehead atoms. The van der Waals surface area contributed by atoms with Gasteiger partial charge >= 0.3 is 5.97 Å². The van der Waals surface area contributed by atoms with Gasteiger partial charge in [0.2, 0.25) is 0 Å². The zero-order valence-corrected chi connectivity index (χ0v) is 10.3. The van der Waals surface area contributed by atoms with Crippen molar-refractivity contribution >= 4 is 16.9 Å². The Morgan fingerprint density at radius 3 is 2.76 bits per heavy atom. The third kappa shape index (κ3) is 2.18. The Hall–Kier alpha value is -1.77. The van der Waals surface area contributed by atoms with Crippen LogP contribution in [0.25, 0.3) is 11.0 Å². The molecule has 2 aromatic rings. The van der Waals surface area contributed by atoms with Crippen LogP contribution in [0, 0.1) is 6.92 Å². The van der Waals surface area contributed by atoms with Gasteiger partial charge in [0, 0.05) is 10.8 Å². The lowest BCUT2D eigenvalue weighted by Gasteiger charge is -2.23. The maximum Gasteiger partial charge on any atom is 0.304 e. The number of aryl methyl sites for hydroxylation is 1. The molecule has 0 amide bonds. The second-order valence-corrected chi connectivity index (χ2v) is 5.08. The van der Waals surface area contributed by atoms with Gasteiger partial charge in [0.25, 0.3) is 0 Å². The van der Waals surface area contributed by atoms with Crippen molar-refractivity contribution in [3.63, 3.8) is 0 Å². The molecule has 0 spiro atoms. The van der Waals surface area contributed by atoms with Crippen molar-refractivity contribution in [1.82, 2.24) is 0 Å². The van der Waals surface area contributed by atoms with Crippen LogP contribution in [0.5, 0.6) is 0 Å². The zero-order valence-electron chi connectivity index (χ0n) is 10.3. The minimum Gasteiger partial charge on any atom is -0.481 e. The lowest BCUT2D eigenvalue weighted by atomic mass is 9.81. The molecule has 0 saturated heterocycles. The molecule has 0 aliphatic heterocycles. The van der Waals surface area contributed by atoms with Gasteiger partial charge in [0.1, 0.15) is 5.58 Å². The second kappa shape index (κ2) is 3.91. The first-order chi connectivity index (χ1) is 7.90. The van der Waals surface area contributed by atoms with Crippen LogP contribution >= 0.6 is 0 Å². The Morgan fingerprint density at radius 1 is 1.41 bits per heavy atom. The molecule has 0 radical (unpaired) electrons. The average Bonchev–Trinajstić information content (AvgIpc) is 2.58. The fraction of sp³-hybridized carbons (Fsp3) is 0.357. The maximum atomic E-state index is 10.9. The van der Waals surface area contributed by atoms with Crippen LogP contribution in [0.4, 0.5) is 0 Å². The number of carboxylic acid groups (broad SMARTS) is 1. The summed E-state index contributed by atoms with van der Waals surface area (Å²) in [5.74, 6) is -0.779. The smallest absolute Gasteiger partial charge is 0.304 e. The number of hydrogen-bond acceptors (Lipinski definition) is 2. The van der Waals surface area contributed by atoms with Crippen molar-refractivity contribution in [3.05, 3.63) is 35.6 Å². The summed E-state index contributed by atoms with van der Waals surface area (Å²) in [6.45, 7) is 5.87. The summed E-state index contributed by atoms with van der Waals surface area (Å²) in [6, 6.07) is 5.87. The first-order valence-corrected chi connectivity index (χ1v) is 5.60. The summed E-state index contributed by atoms with van der Waals surface area (Å²) in [5.41, 5.74) is 2.58. The molecule has 0 saturated carbocycles. The fourth-order valence-corrected chi connectivity index (χ4v) is 2.06. The van der Waals surface area contributed by atoms with Gasteiger partial charge < -0.3 is 9.52 Å². The Bertz CT molecular complexity index is 564. The summed E-state index contributed by atoms with van der Waals surface area (Å²) in [4.78, 5) is 10.9. The van der Waals surface area contributed by atoms with E-state index in [4.69, 9.17) is 9.52 Å². The number of fused-ring (bicyclic) bond motifs is 1. The van der Waals surface area contributed by atoms with E-state index in [9.17, 15) is 4.79 Å². The molecule has 0 unspecified atom stereocenters. The van der Waals surface area contributed by atoms with E-state index in [1.807, 2.05) is 39.0 Å². The molecule has 1 N–H and O–H groups in total. The molecule has 17 heavy (non-hydrogen) atoms. The van der Waals surface area contributed by atoms with Gasteiger partial charge in [-0.2, -0.15) is 0 Å². The predicted octanol–water partition coefficient (Wildman–Crippen LogP) is 3.49. The lowest BCUT2D eigenvalue weighted by Crippen LogP contribution is -2.21. The third-order valence-electron chi connectivity index (χ3n) is 3.14. The van der Waals surface area contributed by atoms with Crippen molar-refractivity contribution in [2.45, 2.75) is 32.6 Å². The molecular weight excluding hydrogens is 216 g/mol. The van der Waals surface area contributed by atoms with Crippen LogP contribution in [0.1, 0.15) is 31.4 Å². The molecule has 0 atom stereocenters. The highest BCUT2D eigenvalue weighted by atomic mass is 16.4. The number of carbonyl (C=O) groups is 1. The van der Waals surface area contributed by atoms with E-state index in [1.165, 1.54) is 0 Å². The summed E-state index contributed by atoms with van der Waals surface area (Å²) in [5, 5.41) is 9.98. The maximum absolute atomic E-state index is 10.9. The van der Waals surface area contributed by atoms with E-state index in [0.717, 1.165) is 22.1 Å². The minimum absolute atomic E-state index is 0.120. The van der Waals surface area contributed by atoms with Gasteiger partial charge in [-0.05, 0) is 30.2 Å². The van der Waals surface area contributed by atoms with Gasteiger partial charge in [-0.1, -0.05) is 19.9 Å². The first kappa shape index (κ1) is 11.7. The van der Waals surface area contributed by atoms with Gasteiger partial charge in [0.05, 0.1) is 12.7 Å². The highest BCUT2D eigenvalue weighted by Crippen LogP contribution is 2.31. The van der Waals surface area contributed by atoms with E-state index in [2.05, 4.69) is 0 Å². The van der Waals surface area contributed by atoms with Gasteiger partial charge in [-0.3, -0.25) is 4.79 Å². The van der Waals surface area contributed by atoms with E-state index in [0.29, 0.717) is 0 Å². The molecule has 0 aliphatic rings. The second-order valence-electron chi connectivity index (χ2n) is 5.08. The Balaban J connectivity index is 2.48. The lowest BCUT2D eigenvalue weighted by molar-refractivity contribution is -0.138. The number of hydrogen-bond donors (Lipinski definition) is 1. The first-order valence-electron chi connectivity index (χ1n) is 5.60. The molecule has 1 aromatic carbocycles. The van der Waals surface area contributed by atoms with Crippen molar-refractivity contribution in [2.75, 3.05) is 0 Å². The highest BCUT2D eigenvalue weighted by Gasteiger charge is 2.24. The average molecular weight is 232 g/mol. The SMILES string of the molecule is Cc1coc2ccc(C(C)(C)CC(=O)O)cc12. The fourth-order valence-electron chi connectivity index (χ4n) is 2.06. The molecule has 3 heteroatoms. The number of carboxylic acids is 1. The van der Waals surface area contributed by atoms with Gasteiger partial charge in [-0.25, -0.2) is 0 Å². The number of furan rings is 1. The van der Waals surface area contributed by atoms with Crippen LogP contribution < -0.4 is 0 Å². The van der Waals surface area contributed by atoms with Crippen LogP contribution in [-0.4, -0.2) is 11.1 Å². The van der Waals surface area contributed by atoms with Crippen molar-refractivity contribution in [2.24, 2.45) is 0 Å². The van der Waals surface area contributed by atoms with Crippen LogP contribution in [0.2, 0.25) is 0 Å². The normalized spacial score (nSPS) is 11.9. The topological polar surface area (TPSA) is 50.4 Å². The molecule has 1 heterocycles. The predicted molar refractivity (Wildman–Crippen MR) is 66.2 cm³/mol. The molecule has 0 fully saturated rings. The third-order valence-corrected chi connectivity index (χ3v) is 3.14. The van der Waals surface area contributed by atoms with Crippen LogP contribution in [-0.2, 0) is 10.2 Å². The molecule has 90 valence electrons. The van der Waals surface area contributed by atoms with Crippen molar-refractivity contribution < 1.29 is 14.3 Å². The van der Waals surface area contributed by atoms with E-state index in [-0.39, 0.29) is 11.8 Å². The van der Waals surface area contributed by atoms with Gasteiger partial charge in [-0.15, -0.1) is 0 Å². The molecule has 2 rings (SSSR count). The Morgan fingerprint density at radius 2 is 2.12 bits per heavy atom. The summed E-state index contributed by atoms with van der Waals surface area (Å²) in [7, 11) is 0. The Kier molecular flexibility index (Phi) is 2.69. The summed E-state index contributed by atoms with van der Waals surface area (Å²) < 4.78 is 5.38. The standard InChI is InChI=1S/C14H16O3/c1-9-8-17-12-5-4-10(6-11(9)12)14(2,3)7-13(15)16/h4-6,8H,7H2,1-3H3,(H,15,16). The van der Waals surface area contributed by atoms with Crippen LogP contribution in [0.15, 0.2) is 28.9 Å². The van der Waals surface area contributed by atoms with Crippen molar-refractivity contribution in [3.8, 4) is 0 Å². The van der Waals surface area contributed by atoms with E-state index >= 15 is 0 Å². The van der Waals surface area contributed by atoms with Crippen LogP contribution in [0.3, 0.4) is 0 Å². The number of benzene rings is 1. The zero-order chi connectivity index (χ0) is 12.6. The number of aliphatic carboxylic acids is 1. The monoisotopic (exact) mass is 232 g/mol. The molecule has 0 aliphatic carbocycles. The van der Waals surface area contributed by atoms with Gasteiger partial charge in [0.15, 0.2) is 0 Å². The number of rotatable bonds is 3. The molecular formula is C14H16O3. The van der Waals surface area contributed by atoms with Crippen molar-refractivity contribution in [1.29, 1.82) is 0 Å².